The first-order valence-corrected chi connectivity index (χ1v) is 9.71. The molecule has 3 aromatic rings. The molecule has 134 valence electrons. The van der Waals surface area contributed by atoms with E-state index in [1.54, 1.807) is 4.68 Å². The molecule has 26 heavy (non-hydrogen) atoms. The molecule has 0 aliphatic heterocycles. The van der Waals surface area contributed by atoms with Crippen LogP contribution in [0.4, 0.5) is 0 Å². The quantitative estimate of drug-likeness (QED) is 0.463. The molecule has 0 spiro atoms. The SMILES string of the molecule is CSc1nnc(Cc2ccccc2)n1/N=C\c1ccc(OC(C)C)cc1. The van der Waals surface area contributed by atoms with Gasteiger partial charge in [0.1, 0.15) is 5.75 Å². The number of thioether (sulfide) groups is 1. The van der Waals surface area contributed by atoms with Crippen molar-refractivity contribution < 1.29 is 4.74 Å². The second-order valence-corrected chi connectivity index (χ2v) is 6.83. The maximum absolute atomic E-state index is 5.67. The summed E-state index contributed by atoms with van der Waals surface area (Å²) in [7, 11) is 0. The Balaban J connectivity index is 1.80. The molecule has 0 unspecified atom stereocenters. The number of benzene rings is 2. The minimum atomic E-state index is 0.163. The Labute approximate surface area is 158 Å². The molecule has 2 aromatic carbocycles. The molecule has 5 nitrogen and oxygen atoms in total. The summed E-state index contributed by atoms with van der Waals surface area (Å²) in [4.78, 5) is 0. The second kappa shape index (κ2) is 8.67. The average molecular weight is 366 g/mol. The summed E-state index contributed by atoms with van der Waals surface area (Å²) in [5, 5.41) is 13.9. The topological polar surface area (TPSA) is 52.3 Å². The van der Waals surface area contributed by atoms with Gasteiger partial charge >= 0.3 is 0 Å². The zero-order chi connectivity index (χ0) is 18.4. The molecular formula is C20H22N4OS. The van der Waals surface area contributed by atoms with E-state index in [0.717, 1.165) is 22.3 Å². The van der Waals surface area contributed by atoms with E-state index in [1.165, 1.54) is 17.3 Å². The fraction of sp³-hybridized carbons (Fsp3) is 0.250. The molecule has 0 aliphatic carbocycles. The van der Waals surface area contributed by atoms with Crippen LogP contribution in [-0.2, 0) is 6.42 Å². The summed E-state index contributed by atoms with van der Waals surface area (Å²) in [6, 6.07) is 18.1. The summed E-state index contributed by atoms with van der Waals surface area (Å²) in [6.07, 6.45) is 4.64. The van der Waals surface area contributed by atoms with E-state index in [1.807, 2.05) is 68.8 Å². The first-order chi connectivity index (χ1) is 12.7. The van der Waals surface area contributed by atoms with Crippen molar-refractivity contribution in [2.75, 3.05) is 6.26 Å². The lowest BCUT2D eigenvalue weighted by Gasteiger charge is -2.09. The van der Waals surface area contributed by atoms with E-state index in [2.05, 4.69) is 27.4 Å². The van der Waals surface area contributed by atoms with Gasteiger partial charge < -0.3 is 4.74 Å². The van der Waals surface area contributed by atoms with Gasteiger partial charge in [0.2, 0.25) is 5.16 Å². The molecule has 0 saturated carbocycles. The van der Waals surface area contributed by atoms with Gasteiger partial charge in [0.15, 0.2) is 5.82 Å². The predicted molar refractivity (Wildman–Crippen MR) is 106 cm³/mol. The highest BCUT2D eigenvalue weighted by molar-refractivity contribution is 7.98. The summed E-state index contributed by atoms with van der Waals surface area (Å²) in [5.41, 5.74) is 2.17. The van der Waals surface area contributed by atoms with Crippen LogP contribution in [0.5, 0.6) is 5.75 Å². The van der Waals surface area contributed by atoms with Crippen molar-refractivity contribution in [3.8, 4) is 5.75 Å². The number of rotatable bonds is 7. The van der Waals surface area contributed by atoms with Crippen LogP contribution in [0.15, 0.2) is 64.9 Å². The summed E-state index contributed by atoms with van der Waals surface area (Å²) in [5.74, 6) is 1.67. The molecule has 1 heterocycles. The van der Waals surface area contributed by atoms with E-state index in [0.29, 0.717) is 6.42 Å². The lowest BCUT2D eigenvalue weighted by molar-refractivity contribution is 0.242. The Morgan fingerprint density at radius 1 is 1.08 bits per heavy atom. The van der Waals surface area contributed by atoms with Crippen LogP contribution in [0.2, 0.25) is 0 Å². The van der Waals surface area contributed by atoms with Crippen LogP contribution in [-0.4, -0.2) is 33.4 Å². The van der Waals surface area contributed by atoms with E-state index in [9.17, 15) is 0 Å². The smallest absolute Gasteiger partial charge is 0.211 e. The highest BCUT2D eigenvalue weighted by Gasteiger charge is 2.11. The maximum atomic E-state index is 5.67. The van der Waals surface area contributed by atoms with E-state index >= 15 is 0 Å². The fourth-order valence-corrected chi connectivity index (χ4v) is 2.90. The van der Waals surface area contributed by atoms with Gasteiger partial charge in [0, 0.05) is 6.42 Å². The lowest BCUT2D eigenvalue weighted by Crippen LogP contribution is -2.05. The van der Waals surface area contributed by atoms with Crippen molar-refractivity contribution in [3.05, 3.63) is 71.5 Å². The van der Waals surface area contributed by atoms with Crippen molar-refractivity contribution in [2.24, 2.45) is 5.10 Å². The normalized spacial score (nSPS) is 11.4. The van der Waals surface area contributed by atoms with Gasteiger partial charge in [-0.1, -0.05) is 42.1 Å². The number of hydrogen-bond acceptors (Lipinski definition) is 5. The van der Waals surface area contributed by atoms with Crippen LogP contribution < -0.4 is 4.74 Å². The van der Waals surface area contributed by atoms with Crippen molar-refractivity contribution in [2.45, 2.75) is 31.5 Å². The second-order valence-electron chi connectivity index (χ2n) is 6.06. The molecular weight excluding hydrogens is 344 g/mol. The molecule has 0 saturated heterocycles. The van der Waals surface area contributed by atoms with Crippen LogP contribution in [0.3, 0.4) is 0 Å². The monoisotopic (exact) mass is 366 g/mol. The first kappa shape index (κ1) is 18.2. The molecule has 1 aromatic heterocycles. The molecule has 0 N–H and O–H groups in total. The third kappa shape index (κ3) is 4.73. The Hall–Kier alpha value is -2.60. The maximum Gasteiger partial charge on any atom is 0.211 e. The molecule has 0 bridgehead atoms. The highest BCUT2D eigenvalue weighted by atomic mass is 32.2. The van der Waals surface area contributed by atoms with Gasteiger partial charge in [0.05, 0.1) is 12.3 Å². The van der Waals surface area contributed by atoms with E-state index in [4.69, 9.17) is 4.74 Å². The summed E-state index contributed by atoms with van der Waals surface area (Å²) >= 11 is 1.53. The van der Waals surface area contributed by atoms with Crippen LogP contribution >= 0.6 is 11.8 Å². The Bertz CT molecular complexity index is 857. The van der Waals surface area contributed by atoms with Gasteiger partial charge in [0.25, 0.3) is 0 Å². The van der Waals surface area contributed by atoms with E-state index in [-0.39, 0.29) is 6.10 Å². The molecule has 0 aliphatic rings. The van der Waals surface area contributed by atoms with Gasteiger partial charge in [-0.2, -0.15) is 9.78 Å². The van der Waals surface area contributed by atoms with Crippen LogP contribution in [0.1, 0.15) is 30.8 Å². The molecule has 0 atom stereocenters. The first-order valence-electron chi connectivity index (χ1n) is 8.49. The summed E-state index contributed by atoms with van der Waals surface area (Å²) < 4.78 is 7.47. The molecule has 6 heteroatoms. The van der Waals surface area contributed by atoms with Gasteiger partial charge in [-0.05, 0) is 55.5 Å². The van der Waals surface area contributed by atoms with Crippen molar-refractivity contribution in [1.29, 1.82) is 0 Å². The van der Waals surface area contributed by atoms with Crippen molar-refractivity contribution >= 4 is 18.0 Å². The Morgan fingerprint density at radius 2 is 1.81 bits per heavy atom. The fourth-order valence-electron chi connectivity index (χ4n) is 2.46. The minimum absolute atomic E-state index is 0.163. The lowest BCUT2D eigenvalue weighted by atomic mass is 10.1. The molecule has 3 rings (SSSR count). The Kier molecular flexibility index (Phi) is 6.07. The van der Waals surface area contributed by atoms with Crippen LogP contribution in [0.25, 0.3) is 0 Å². The minimum Gasteiger partial charge on any atom is -0.491 e. The molecule has 0 fully saturated rings. The highest BCUT2D eigenvalue weighted by Crippen LogP contribution is 2.17. The van der Waals surface area contributed by atoms with Gasteiger partial charge in [-0.15, -0.1) is 10.2 Å². The zero-order valence-corrected chi connectivity index (χ0v) is 16.0. The number of ether oxygens (including phenoxy) is 1. The standard InChI is InChI=1S/C20H22N4OS/c1-15(2)25-18-11-9-17(10-12-18)14-21-24-19(22-23-20(24)26-3)13-16-7-5-4-6-8-16/h4-12,14-15H,13H2,1-3H3/b21-14-. The molecule has 0 amide bonds. The van der Waals surface area contributed by atoms with Gasteiger partial charge in [-0.3, -0.25) is 0 Å². The van der Waals surface area contributed by atoms with Crippen molar-refractivity contribution in [1.82, 2.24) is 14.9 Å². The number of nitrogens with zero attached hydrogens (tertiary/aromatic N) is 4. The third-order valence-electron chi connectivity index (χ3n) is 3.64. The van der Waals surface area contributed by atoms with Gasteiger partial charge in [-0.25, -0.2) is 0 Å². The zero-order valence-electron chi connectivity index (χ0n) is 15.2. The Morgan fingerprint density at radius 3 is 2.46 bits per heavy atom. The van der Waals surface area contributed by atoms with Crippen LogP contribution in [0, 0.1) is 0 Å². The van der Waals surface area contributed by atoms with E-state index < -0.39 is 0 Å². The third-order valence-corrected chi connectivity index (χ3v) is 4.26. The number of hydrogen-bond donors (Lipinski definition) is 0. The summed E-state index contributed by atoms with van der Waals surface area (Å²) in [6.45, 7) is 4.03. The predicted octanol–water partition coefficient (Wildman–Crippen LogP) is 4.26. The van der Waals surface area contributed by atoms with Crippen molar-refractivity contribution in [3.63, 3.8) is 0 Å². The molecule has 0 radical (unpaired) electrons. The number of aromatic nitrogens is 3. The average Bonchev–Trinajstić information content (AvgIpc) is 3.03. The largest absolute Gasteiger partial charge is 0.491 e.